The molecule has 0 unspecified atom stereocenters. The second kappa shape index (κ2) is 13.7. The fourth-order valence-electron chi connectivity index (χ4n) is 4.70. The van der Waals surface area contributed by atoms with Crippen molar-refractivity contribution in [3.05, 3.63) is 75.3 Å². The van der Waals surface area contributed by atoms with Crippen molar-refractivity contribution < 1.29 is 24.4 Å². The third-order valence-electron chi connectivity index (χ3n) is 6.85. The number of rotatable bonds is 14. The summed E-state index contributed by atoms with van der Waals surface area (Å²) in [6, 6.07) is 11.5. The number of benzene rings is 2. The predicted octanol–water partition coefficient (Wildman–Crippen LogP) is 5.32. The highest BCUT2D eigenvalue weighted by Crippen LogP contribution is 2.40. The molecule has 1 aliphatic heterocycles. The number of nitrogens with zero attached hydrogens (tertiary/aromatic N) is 3. The number of hydrogen-bond donors (Lipinski definition) is 1. The van der Waals surface area contributed by atoms with Gasteiger partial charge in [0.15, 0.2) is 0 Å². The number of amides is 1. The smallest absolute Gasteiger partial charge is 0.295 e. The third kappa shape index (κ3) is 6.77. The number of aliphatic hydroxyl groups excluding tert-OH is 1. The summed E-state index contributed by atoms with van der Waals surface area (Å²) in [5.41, 5.74) is 0.783. The second-order valence-electron chi connectivity index (χ2n) is 9.47. The van der Waals surface area contributed by atoms with Crippen molar-refractivity contribution in [3.8, 4) is 5.75 Å². The summed E-state index contributed by atoms with van der Waals surface area (Å²) in [6.45, 7) is 7.39. The molecule has 38 heavy (non-hydrogen) atoms. The molecule has 2 aromatic rings. The van der Waals surface area contributed by atoms with Crippen LogP contribution in [-0.4, -0.2) is 64.8 Å². The lowest BCUT2D eigenvalue weighted by molar-refractivity contribution is -0.384. The number of methoxy groups -OCH3 is 1. The summed E-state index contributed by atoms with van der Waals surface area (Å²) in [5.74, 6) is -1.15. The zero-order chi connectivity index (χ0) is 27.7. The monoisotopic (exact) mass is 523 g/mol. The number of nitro benzene ring substituents is 1. The Labute approximate surface area is 223 Å². The predicted molar refractivity (Wildman–Crippen MR) is 146 cm³/mol. The van der Waals surface area contributed by atoms with Crippen molar-refractivity contribution >= 4 is 23.1 Å². The molecule has 1 N–H and O–H groups in total. The van der Waals surface area contributed by atoms with E-state index >= 15 is 0 Å². The summed E-state index contributed by atoms with van der Waals surface area (Å²) in [5, 5.41) is 22.4. The Bertz CT molecular complexity index is 1140. The Kier molecular flexibility index (Phi) is 10.4. The number of nitro groups is 1. The van der Waals surface area contributed by atoms with Gasteiger partial charge in [-0.2, -0.15) is 0 Å². The van der Waals surface area contributed by atoms with Gasteiger partial charge in [-0.1, -0.05) is 26.7 Å². The Morgan fingerprint density at radius 1 is 0.974 bits per heavy atom. The van der Waals surface area contributed by atoms with E-state index in [9.17, 15) is 24.8 Å². The van der Waals surface area contributed by atoms with Gasteiger partial charge in [0.05, 0.1) is 23.6 Å². The summed E-state index contributed by atoms with van der Waals surface area (Å²) < 4.78 is 5.18. The molecule has 1 saturated heterocycles. The largest absolute Gasteiger partial charge is 0.507 e. The van der Waals surface area contributed by atoms with Gasteiger partial charge in [-0.3, -0.25) is 19.7 Å². The molecule has 0 spiro atoms. The summed E-state index contributed by atoms with van der Waals surface area (Å²) in [6.07, 6.45) is 5.05. The van der Waals surface area contributed by atoms with Crippen LogP contribution in [0.15, 0.2) is 54.1 Å². The van der Waals surface area contributed by atoms with E-state index in [2.05, 4.69) is 18.7 Å². The van der Waals surface area contributed by atoms with Gasteiger partial charge in [-0.25, -0.2) is 0 Å². The van der Waals surface area contributed by atoms with Gasteiger partial charge in [-0.05, 0) is 80.9 Å². The van der Waals surface area contributed by atoms with Crippen LogP contribution in [-0.2, 0) is 9.59 Å². The van der Waals surface area contributed by atoms with Crippen LogP contribution in [0.3, 0.4) is 0 Å². The quantitative estimate of drug-likeness (QED) is 0.117. The van der Waals surface area contributed by atoms with Crippen LogP contribution in [0.25, 0.3) is 5.76 Å². The van der Waals surface area contributed by atoms with Crippen LogP contribution >= 0.6 is 0 Å². The maximum atomic E-state index is 13.2. The minimum Gasteiger partial charge on any atom is -0.507 e. The average molecular weight is 524 g/mol. The molecule has 204 valence electrons. The van der Waals surface area contributed by atoms with Crippen LogP contribution in [0.4, 0.5) is 5.69 Å². The van der Waals surface area contributed by atoms with Crippen molar-refractivity contribution in [3.63, 3.8) is 0 Å². The van der Waals surface area contributed by atoms with Crippen LogP contribution in [0, 0.1) is 10.1 Å². The van der Waals surface area contributed by atoms with Crippen LogP contribution in [0.2, 0.25) is 0 Å². The number of ketones is 1. The number of likely N-dealkylation sites (tertiary alicyclic amines) is 1. The maximum Gasteiger partial charge on any atom is 0.295 e. The van der Waals surface area contributed by atoms with Crippen molar-refractivity contribution in [2.24, 2.45) is 0 Å². The lowest BCUT2D eigenvalue weighted by Gasteiger charge is -2.27. The molecule has 9 nitrogen and oxygen atoms in total. The summed E-state index contributed by atoms with van der Waals surface area (Å²) in [4.78, 5) is 41.0. The van der Waals surface area contributed by atoms with E-state index in [1.807, 2.05) is 0 Å². The Morgan fingerprint density at radius 3 is 2.08 bits per heavy atom. The Morgan fingerprint density at radius 2 is 1.55 bits per heavy atom. The zero-order valence-corrected chi connectivity index (χ0v) is 22.4. The topological polar surface area (TPSA) is 113 Å². The molecule has 1 fully saturated rings. The van der Waals surface area contributed by atoms with E-state index in [1.54, 1.807) is 24.3 Å². The molecule has 0 saturated carbocycles. The third-order valence-corrected chi connectivity index (χ3v) is 6.85. The number of carbonyl (C=O) groups excluding carboxylic acids is 2. The number of carbonyl (C=O) groups is 2. The molecule has 1 heterocycles. The van der Waals surface area contributed by atoms with Gasteiger partial charge in [0.25, 0.3) is 17.4 Å². The molecular weight excluding hydrogens is 486 g/mol. The molecule has 0 aromatic heterocycles. The van der Waals surface area contributed by atoms with Gasteiger partial charge in [0.1, 0.15) is 11.5 Å². The Balaban J connectivity index is 1.94. The lowest BCUT2D eigenvalue weighted by Crippen LogP contribution is -2.34. The highest BCUT2D eigenvalue weighted by Gasteiger charge is 2.45. The van der Waals surface area contributed by atoms with E-state index in [-0.39, 0.29) is 17.0 Å². The van der Waals surface area contributed by atoms with Crippen LogP contribution in [0.1, 0.15) is 63.1 Å². The standard InChI is InChI=1S/C29H37N3O6/c1-4-6-17-30(18-7-5-2)19-8-20-31-26(21-9-13-23(14-10-21)32(36)37)25(28(34)29(31)35)27(33)22-11-15-24(38-3)16-12-22/h9-16,26,33H,4-8,17-20H2,1-3H3/t26-/m0/s1. The number of aliphatic hydroxyl groups is 1. The molecule has 1 atom stereocenters. The zero-order valence-electron chi connectivity index (χ0n) is 22.4. The first kappa shape index (κ1) is 28.8. The normalized spacial score (nSPS) is 16.8. The first-order valence-electron chi connectivity index (χ1n) is 13.2. The fraction of sp³-hybridized carbons (Fsp3) is 0.448. The number of Topliss-reactive ketones (excluding diaryl/α,β-unsaturated/α-hetero) is 1. The van der Waals surface area contributed by atoms with Gasteiger partial charge in [-0.15, -0.1) is 0 Å². The second-order valence-corrected chi connectivity index (χ2v) is 9.47. The Hall–Kier alpha value is -3.72. The van der Waals surface area contributed by atoms with Gasteiger partial charge < -0.3 is 19.6 Å². The van der Waals surface area contributed by atoms with Crippen LogP contribution in [0.5, 0.6) is 5.75 Å². The van der Waals surface area contributed by atoms with Crippen molar-refractivity contribution in [2.75, 3.05) is 33.3 Å². The molecule has 1 aliphatic rings. The van der Waals surface area contributed by atoms with E-state index in [1.165, 1.54) is 36.3 Å². The maximum absolute atomic E-state index is 13.2. The first-order chi connectivity index (χ1) is 18.3. The average Bonchev–Trinajstić information content (AvgIpc) is 3.18. The number of unbranched alkanes of at least 4 members (excludes halogenated alkanes) is 2. The fourth-order valence-corrected chi connectivity index (χ4v) is 4.70. The summed E-state index contributed by atoms with van der Waals surface area (Å²) in [7, 11) is 1.53. The number of hydrogen-bond acceptors (Lipinski definition) is 7. The van der Waals surface area contributed by atoms with Gasteiger partial charge in [0.2, 0.25) is 0 Å². The molecule has 0 aliphatic carbocycles. The van der Waals surface area contributed by atoms with E-state index < -0.39 is 22.7 Å². The first-order valence-corrected chi connectivity index (χ1v) is 13.2. The minimum absolute atomic E-state index is 0.0251. The van der Waals surface area contributed by atoms with Crippen molar-refractivity contribution in [2.45, 2.75) is 52.0 Å². The molecule has 9 heteroatoms. The molecular formula is C29H37N3O6. The summed E-state index contributed by atoms with van der Waals surface area (Å²) >= 11 is 0. The SMILES string of the molecule is CCCCN(CCCC)CCCN1C(=O)C(=O)C(=C(O)c2ccc(OC)cc2)[C@@H]1c1ccc([N+](=O)[O-])cc1. The number of ether oxygens (including phenoxy) is 1. The van der Waals surface area contributed by atoms with Crippen molar-refractivity contribution in [1.29, 1.82) is 0 Å². The highest BCUT2D eigenvalue weighted by molar-refractivity contribution is 6.46. The molecule has 0 radical (unpaired) electrons. The molecule has 2 aromatic carbocycles. The van der Waals surface area contributed by atoms with E-state index in [0.717, 1.165) is 45.3 Å². The van der Waals surface area contributed by atoms with Crippen molar-refractivity contribution in [1.82, 2.24) is 9.80 Å². The van der Waals surface area contributed by atoms with Gasteiger partial charge in [0, 0.05) is 24.2 Å². The van der Waals surface area contributed by atoms with Crippen LogP contribution < -0.4 is 4.74 Å². The molecule has 1 amide bonds. The molecule has 3 rings (SSSR count). The van der Waals surface area contributed by atoms with Gasteiger partial charge >= 0.3 is 0 Å². The van der Waals surface area contributed by atoms with E-state index in [4.69, 9.17) is 4.74 Å². The number of non-ortho nitro benzene ring substituents is 1. The lowest BCUT2D eigenvalue weighted by atomic mass is 9.95. The minimum atomic E-state index is -0.849. The van der Waals surface area contributed by atoms with E-state index in [0.29, 0.717) is 29.8 Å². The highest BCUT2D eigenvalue weighted by atomic mass is 16.6. The molecule has 0 bridgehead atoms.